The zero-order valence-electron chi connectivity index (χ0n) is 14.3. The normalized spacial score (nSPS) is 10.7. The molecule has 0 aliphatic heterocycles. The largest absolute Gasteiger partial charge is 0.350 e. The maximum Gasteiger partial charge on any atom is 0.266 e. The summed E-state index contributed by atoms with van der Waals surface area (Å²) in [5.74, 6) is -0.159. The number of nitrogens with one attached hydrogen (secondary N) is 1. The number of nitrogens with zero attached hydrogens (tertiary/aromatic N) is 3. The summed E-state index contributed by atoms with van der Waals surface area (Å²) in [4.78, 5) is 29.7. The third-order valence-electron chi connectivity index (χ3n) is 3.73. The van der Waals surface area contributed by atoms with E-state index in [1.165, 1.54) is 10.7 Å². The monoisotopic (exact) mass is 480 g/mol. The summed E-state index contributed by atoms with van der Waals surface area (Å²) in [6.45, 7) is 4.49. The SMILES string of the molecule is Cc1nc(C)c(-c2ccc(=O)n(CCNC(=O)c3ccccc3I)n2)s1. The third-order valence-corrected chi connectivity index (χ3v) is 5.77. The number of amides is 1. The summed E-state index contributed by atoms with van der Waals surface area (Å²) >= 11 is 3.68. The number of aromatic nitrogens is 3. The highest BCUT2D eigenvalue weighted by molar-refractivity contribution is 14.1. The molecule has 0 saturated heterocycles. The van der Waals surface area contributed by atoms with E-state index in [9.17, 15) is 9.59 Å². The average molecular weight is 480 g/mol. The molecule has 0 atom stereocenters. The van der Waals surface area contributed by atoms with Crippen LogP contribution < -0.4 is 10.9 Å². The van der Waals surface area contributed by atoms with Gasteiger partial charge in [-0.1, -0.05) is 12.1 Å². The molecule has 0 aliphatic rings. The van der Waals surface area contributed by atoms with E-state index in [-0.39, 0.29) is 11.5 Å². The van der Waals surface area contributed by atoms with Gasteiger partial charge in [0.1, 0.15) is 5.69 Å². The van der Waals surface area contributed by atoms with Gasteiger partial charge in [-0.25, -0.2) is 9.67 Å². The fourth-order valence-electron chi connectivity index (χ4n) is 2.52. The van der Waals surface area contributed by atoms with Gasteiger partial charge in [-0.05, 0) is 54.6 Å². The zero-order valence-corrected chi connectivity index (χ0v) is 17.3. The molecule has 1 amide bonds. The summed E-state index contributed by atoms with van der Waals surface area (Å²) in [6, 6.07) is 10.6. The van der Waals surface area contributed by atoms with Crippen LogP contribution in [0.5, 0.6) is 0 Å². The second-order valence-electron chi connectivity index (χ2n) is 5.66. The van der Waals surface area contributed by atoms with E-state index < -0.39 is 0 Å². The van der Waals surface area contributed by atoms with Crippen molar-refractivity contribution in [3.8, 4) is 10.6 Å². The molecule has 0 aliphatic carbocycles. The molecule has 2 aromatic heterocycles. The Balaban J connectivity index is 1.71. The Hall–Kier alpha value is -2.07. The maximum atomic E-state index is 12.2. The highest BCUT2D eigenvalue weighted by Crippen LogP contribution is 2.27. The van der Waals surface area contributed by atoms with Crippen LogP contribution in [0.3, 0.4) is 0 Å². The lowest BCUT2D eigenvalue weighted by Crippen LogP contribution is -2.32. The number of hydrogen-bond donors (Lipinski definition) is 1. The van der Waals surface area contributed by atoms with Crippen molar-refractivity contribution in [3.05, 3.63) is 66.6 Å². The van der Waals surface area contributed by atoms with Crippen LogP contribution in [-0.2, 0) is 6.54 Å². The first-order valence-electron chi connectivity index (χ1n) is 8.01. The van der Waals surface area contributed by atoms with Crippen LogP contribution in [0.4, 0.5) is 0 Å². The molecule has 0 radical (unpaired) electrons. The van der Waals surface area contributed by atoms with Crippen molar-refractivity contribution in [3.63, 3.8) is 0 Å². The minimum Gasteiger partial charge on any atom is -0.350 e. The Morgan fingerprint density at radius 1 is 1.23 bits per heavy atom. The van der Waals surface area contributed by atoms with Gasteiger partial charge < -0.3 is 5.32 Å². The van der Waals surface area contributed by atoms with Crippen LogP contribution in [0.1, 0.15) is 21.1 Å². The zero-order chi connectivity index (χ0) is 18.7. The van der Waals surface area contributed by atoms with E-state index >= 15 is 0 Å². The molecule has 0 fully saturated rings. The molecule has 3 rings (SSSR count). The summed E-state index contributed by atoms with van der Waals surface area (Å²) < 4.78 is 2.26. The van der Waals surface area contributed by atoms with Gasteiger partial charge >= 0.3 is 0 Å². The van der Waals surface area contributed by atoms with Crippen molar-refractivity contribution in [1.82, 2.24) is 20.1 Å². The molecule has 0 saturated carbocycles. The van der Waals surface area contributed by atoms with Crippen molar-refractivity contribution < 1.29 is 4.79 Å². The first-order valence-corrected chi connectivity index (χ1v) is 9.90. The minimum atomic E-state index is -0.198. The first kappa shape index (κ1) is 18.7. The van der Waals surface area contributed by atoms with Gasteiger partial charge in [0.15, 0.2) is 0 Å². The third kappa shape index (κ3) is 4.18. The minimum absolute atomic E-state index is 0.159. The van der Waals surface area contributed by atoms with E-state index in [2.05, 4.69) is 38.0 Å². The molecule has 134 valence electrons. The number of benzene rings is 1. The summed E-state index contributed by atoms with van der Waals surface area (Å²) in [6.07, 6.45) is 0. The molecule has 0 spiro atoms. The van der Waals surface area contributed by atoms with Crippen LogP contribution in [0, 0.1) is 17.4 Å². The molecule has 1 N–H and O–H groups in total. The first-order chi connectivity index (χ1) is 12.5. The van der Waals surface area contributed by atoms with Crippen molar-refractivity contribution in [1.29, 1.82) is 0 Å². The smallest absolute Gasteiger partial charge is 0.266 e. The maximum absolute atomic E-state index is 12.2. The number of rotatable bonds is 5. The standard InChI is InChI=1S/C18H17IN4O2S/c1-11-17(26-12(2)21-11)15-7-8-16(24)23(22-15)10-9-20-18(25)13-5-3-4-6-14(13)19/h3-8H,9-10H2,1-2H3,(H,20,25). The van der Waals surface area contributed by atoms with E-state index in [0.29, 0.717) is 18.7 Å². The van der Waals surface area contributed by atoms with E-state index in [0.717, 1.165) is 24.8 Å². The summed E-state index contributed by atoms with van der Waals surface area (Å²) in [5, 5.41) is 8.22. The Labute approximate surface area is 168 Å². The molecule has 0 bridgehead atoms. The number of thiazole rings is 1. The van der Waals surface area contributed by atoms with E-state index in [1.54, 1.807) is 23.5 Å². The lowest BCUT2D eigenvalue weighted by atomic mass is 10.2. The van der Waals surface area contributed by atoms with Crippen molar-refractivity contribution >= 4 is 39.8 Å². The van der Waals surface area contributed by atoms with Crippen molar-refractivity contribution in [2.24, 2.45) is 0 Å². The summed E-state index contributed by atoms with van der Waals surface area (Å²) in [7, 11) is 0. The van der Waals surface area contributed by atoms with Crippen LogP contribution in [-0.4, -0.2) is 27.2 Å². The number of hydrogen-bond acceptors (Lipinski definition) is 5. The molecule has 26 heavy (non-hydrogen) atoms. The molecule has 0 unspecified atom stereocenters. The number of carbonyl (C=O) groups is 1. The lowest BCUT2D eigenvalue weighted by Gasteiger charge is -2.09. The predicted molar refractivity (Wildman–Crippen MR) is 111 cm³/mol. The Morgan fingerprint density at radius 3 is 2.69 bits per heavy atom. The number of carbonyl (C=O) groups excluding carboxylic acids is 1. The van der Waals surface area contributed by atoms with Gasteiger partial charge in [-0.15, -0.1) is 11.3 Å². The second kappa shape index (κ2) is 8.09. The molecule has 3 aromatic rings. The highest BCUT2D eigenvalue weighted by Gasteiger charge is 2.12. The fraction of sp³-hybridized carbons (Fsp3) is 0.222. The summed E-state index contributed by atoms with van der Waals surface area (Å²) in [5.41, 5.74) is 2.04. The van der Waals surface area contributed by atoms with Gasteiger partial charge in [0, 0.05) is 16.2 Å². The van der Waals surface area contributed by atoms with Crippen LogP contribution >= 0.6 is 33.9 Å². The van der Waals surface area contributed by atoms with Crippen molar-refractivity contribution in [2.45, 2.75) is 20.4 Å². The van der Waals surface area contributed by atoms with Crippen LogP contribution in [0.15, 0.2) is 41.2 Å². The average Bonchev–Trinajstić information content (AvgIpc) is 2.95. The molecule has 1 aromatic carbocycles. The topological polar surface area (TPSA) is 76.9 Å². The lowest BCUT2D eigenvalue weighted by molar-refractivity contribution is 0.0951. The number of halogens is 1. The highest BCUT2D eigenvalue weighted by atomic mass is 127. The fourth-order valence-corrected chi connectivity index (χ4v) is 4.03. The van der Waals surface area contributed by atoms with Crippen LogP contribution in [0.2, 0.25) is 0 Å². The quantitative estimate of drug-likeness (QED) is 0.570. The van der Waals surface area contributed by atoms with Crippen molar-refractivity contribution in [2.75, 3.05) is 6.54 Å². The van der Waals surface area contributed by atoms with Gasteiger partial charge in [0.05, 0.1) is 27.7 Å². The van der Waals surface area contributed by atoms with Gasteiger partial charge in [0.2, 0.25) is 0 Å². The molecular formula is C18H17IN4O2S. The van der Waals surface area contributed by atoms with E-state index in [4.69, 9.17) is 0 Å². The van der Waals surface area contributed by atoms with Gasteiger partial charge in [-0.3, -0.25) is 9.59 Å². The van der Waals surface area contributed by atoms with Crippen LogP contribution in [0.25, 0.3) is 10.6 Å². The molecular weight excluding hydrogens is 463 g/mol. The van der Waals surface area contributed by atoms with E-state index in [1.807, 2.05) is 32.0 Å². The van der Waals surface area contributed by atoms with Gasteiger partial charge in [-0.2, -0.15) is 5.10 Å². The second-order valence-corrected chi connectivity index (χ2v) is 8.03. The number of aryl methyl sites for hydroxylation is 2. The Morgan fingerprint density at radius 2 is 2.00 bits per heavy atom. The molecule has 2 heterocycles. The Kier molecular flexibility index (Phi) is 5.82. The molecule has 6 nitrogen and oxygen atoms in total. The predicted octanol–water partition coefficient (Wildman–Crippen LogP) is 3.02. The Bertz CT molecular complexity index is 1010. The molecule has 8 heteroatoms. The van der Waals surface area contributed by atoms with Gasteiger partial charge in [0.25, 0.3) is 11.5 Å².